The minimum atomic E-state index is -4.47. The molecule has 2 amide bonds. The molecule has 2 aromatic carbocycles. The van der Waals surface area contributed by atoms with E-state index in [1.165, 1.54) is 24.3 Å². The highest BCUT2D eigenvalue weighted by atomic mass is 19.4. The van der Waals surface area contributed by atoms with E-state index < -0.39 is 35.3 Å². The number of piperidine rings is 2. The summed E-state index contributed by atoms with van der Waals surface area (Å²) in [5.41, 5.74) is 0.863. The number of aromatic nitrogens is 6. The molecule has 2 saturated heterocycles. The maximum absolute atomic E-state index is 14.3. The van der Waals surface area contributed by atoms with Gasteiger partial charge in [-0.2, -0.15) is 26.3 Å². The first kappa shape index (κ1) is 43.3. The van der Waals surface area contributed by atoms with Crippen LogP contribution in [-0.4, -0.2) is 90.0 Å². The second-order valence-corrected chi connectivity index (χ2v) is 16.1. The van der Waals surface area contributed by atoms with Crippen molar-refractivity contribution in [2.45, 2.75) is 115 Å². The molecule has 3 aliphatic heterocycles. The lowest BCUT2D eigenvalue weighted by atomic mass is 9.92. The van der Waals surface area contributed by atoms with Gasteiger partial charge in [0.25, 0.3) is 0 Å². The minimum Gasteiger partial charge on any atom is -0.373 e. The smallest absolute Gasteiger partial charge is 0.373 e. The van der Waals surface area contributed by atoms with Gasteiger partial charge in [0.1, 0.15) is 11.4 Å². The van der Waals surface area contributed by atoms with E-state index in [1.54, 1.807) is 21.8 Å². The van der Waals surface area contributed by atoms with E-state index in [1.807, 2.05) is 9.80 Å². The Balaban J connectivity index is 1.11. The molecule has 4 atom stereocenters. The predicted molar refractivity (Wildman–Crippen MR) is 205 cm³/mol. The Bertz CT molecular complexity index is 1880. The van der Waals surface area contributed by atoms with E-state index in [9.17, 15) is 35.9 Å². The molecule has 0 radical (unpaired) electrons. The first-order valence-electron chi connectivity index (χ1n) is 20.7. The molecule has 4 bridgehead atoms. The Labute approximate surface area is 344 Å². The number of fused-ring (bicyclic) bond motifs is 6. The lowest BCUT2D eigenvalue weighted by Gasteiger charge is -2.38. The number of ether oxygens (including phenoxy) is 2. The molecule has 18 heteroatoms. The fourth-order valence-corrected chi connectivity index (χ4v) is 8.45. The summed E-state index contributed by atoms with van der Waals surface area (Å²) in [6, 6.07) is 9.45. The SMILES string of the molecule is O=C1[C@H](Cc2ccc(C(F)(F)F)cc2)CCn2cc(nn2)COC[C@@H]2CCCCN2C(=O)[C@H](Cc2ccc(C(F)(F)F)cc2)CCn2cc(nn2)COC[C@@H]2CCCCN12. The van der Waals surface area contributed by atoms with Crippen LogP contribution < -0.4 is 0 Å². The Kier molecular flexibility index (Phi) is 13.9. The van der Waals surface area contributed by atoms with Gasteiger partial charge in [-0.3, -0.25) is 19.0 Å². The highest BCUT2D eigenvalue weighted by molar-refractivity contribution is 5.80. The summed E-state index contributed by atoms with van der Waals surface area (Å²) in [7, 11) is 0. The number of carbonyl (C=O) groups excluding carboxylic acids is 2. The molecule has 324 valence electrons. The molecule has 0 aliphatic carbocycles. The number of rotatable bonds is 4. The van der Waals surface area contributed by atoms with Crippen LogP contribution in [0.1, 0.15) is 85.0 Å². The standard InChI is InChI=1S/C42H50F6N8O4/c43-41(44,45)33-11-7-29(8-12-33)21-31-15-19-53-24-36(50-52-53)26-60-28-38-6-2-4-18-56(38)40(58)32(22-30-9-13-34(14-10-30)42(46,47)48)16-20-54-23-35(49-51-54)25-59-27-37-5-1-3-17-55(37)39(31)57/h7-14,23-24,31-32,37-38H,1-6,15-22,25-28H2/t31-,32-,37-,38-/m0/s1. The molecular weight excluding hydrogens is 795 g/mol. The van der Waals surface area contributed by atoms with Gasteiger partial charge in [0, 0.05) is 38.0 Å². The van der Waals surface area contributed by atoms with Gasteiger partial charge in [0.05, 0.1) is 62.0 Å². The number of nitrogens with zero attached hydrogens (tertiary/aromatic N) is 8. The average molecular weight is 845 g/mol. The Morgan fingerprint density at radius 1 is 0.550 bits per heavy atom. The number of hydrogen-bond acceptors (Lipinski definition) is 8. The highest BCUT2D eigenvalue weighted by Gasteiger charge is 2.35. The summed E-state index contributed by atoms with van der Waals surface area (Å²) >= 11 is 0. The molecule has 3 aliphatic rings. The molecule has 5 heterocycles. The molecule has 2 fully saturated rings. The van der Waals surface area contributed by atoms with Crippen LogP contribution in [0.15, 0.2) is 60.9 Å². The van der Waals surface area contributed by atoms with Gasteiger partial charge >= 0.3 is 12.4 Å². The van der Waals surface area contributed by atoms with Gasteiger partial charge in [-0.05, 0) is 99.6 Å². The Morgan fingerprint density at radius 2 is 0.950 bits per heavy atom. The number of halogens is 6. The molecule has 0 saturated carbocycles. The fourth-order valence-electron chi connectivity index (χ4n) is 8.45. The zero-order valence-corrected chi connectivity index (χ0v) is 33.3. The third-order valence-electron chi connectivity index (χ3n) is 11.8. The predicted octanol–water partition coefficient (Wildman–Crippen LogP) is 6.91. The van der Waals surface area contributed by atoms with E-state index in [4.69, 9.17) is 9.47 Å². The molecule has 0 spiro atoms. The lowest BCUT2D eigenvalue weighted by Crippen LogP contribution is -2.49. The Hall–Kier alpha value is -4.84. The van der Waals surface area contributed by atoms with Gasteiger partial charge in [-0.25, -0.2) is 0 Å². The van der Waals surface area contributed by atoms with E-state index in [0.717, 1.165) is 62.8 Å². The van der Waals surface area contributed by atoms with Crippen molar-refractivity contribution in [3.8, 4) is 0 Å². The van der Waals surface area contributed by atoms with Crippen molar-refractivity contribution in [2.24, 2.45) is 11.8 Å². The van der Waals surface area contributed by atoms with Gasteiger partial charge in [0.15, 0.2) is 0 Å². The topological polar surface area (TPSA) is 120 Å². The first-order valence-corrected chi connectivity index (χ1v) is 20.7. The minimum absolute atomic E-state index is 0.0929. The van der Waals surface area contributed by atoms with E-state index in [0.29, 0.717) is 61.5 Å². The summed E-state index contributed by atoms with van der Waals surface area (Å²) in [6.45, 7) is 2.48. The normalized spacial score (nSPS) is 23.4. The first-order chi connectivity index (χ1) is 28.8. The second-order valence-electron chi connectivity index (χ2n) is 16.1. The summed E-state index contributed by atoms with van der Waals surface area (Å²) in [5.74, 6) is -1.28. The molecular formula is C42H50F6N8O4. The number of amides is 2. The number of hydrogen-bond donors (Lipinski definition) is 0. The fraction of sp³-hybridized carbons (Fsp3) is 0.571. The number of aryl methyl sites for hydroxylation is 2. The van der Waals surface area contributed by atoms with Crippen molar-refractivity contribution in [1.82, 2.24) is 39.8 Å². The van der Waals surface area contributed by atoms with Crippen LogP contribution in [0, 0.1) is 11.8 Å². The highest BCUT2D eigenvalue weighted by Crippen LogP contribution is 2.32. The molecule has 2 aromatic heterocycles. The lowest BCUT2D eigenvalue weighted by molar-refractivity contribution is -0.142. The van der Waals surface area contributed by atoms with Gasteiger partial charge in [-0.1, -0.05) is 34.7 Å². The third-order valence-corrected chi connectivity index (χ3v) is 11.8. The van der Waals surface area contributed by atoms with Crippen LogP contribution >= 0.6 is 0 Å². The van der Waals surface area contributed by atoms with Crippen LogP contribution in [0.2, 0.25) is 0 Å². The molecule has 0 N–H and O–H groups in total. The average Bonchev–Trinajstić information content (AvgIpc) is 3.89. The maximum Gasteiger partial charge on any atom is 0.416 e. The Morgan fingerprint density at radius 3 is 1.33 bits per heavy atom. The molecule has 0 unspecified atom stereocenters. The monoisotopic (exact) mass is 844 g/mol. The number of benzene rings is 2. The van der Waals surface area contributed by atoms with Crippen LogP contribution in [-0.2, 0) is 70.6 Å². The van der Waals surface area contributed by atoms with Crippen LogP contribution in [0.25, 0.3) is 0 Å². The van der Waals surface area contributed by atoms with Crippen molar-refractivity contribution in [1.29, 1.82) is 0 Å². The van der Waals surface area contributed by atoms with E-state index >= 15 is 0 Å². The summed E-state index contributed by atoms with van der Waals surface area (Å²) in [5, 5.41) is 17.1. The zero-order valence-electron chi connectivity index (χ0n) is 33.3. The second kappa shape index (κ2) is 19.3. The maximum atomic E-state index is 14.3. The van der Waals surface area contributed by atoms with Crippen molar-refractivity contribution in [3.05, 3.63) is 94.6 Å². The van der Waals surface area contributed by atoms with E-state index in [-0.39, 0.29) is 63.2 Å². The quantitative estimate of drug-likeness (QED) is 0.203. The van der Waals surface area contributed by atoms with E-state index in [2.05, 4.69) is 20.6 Å². The van der Waals surface area contributed by atoms with Crippen LogP contribution in [0.4, 0.5) is 26.3 Å². The van der Waals surface area contributed by atoms with Crippen molar-refractivity contribution < 1.29 is 45.4 Å². The summed E-state index contributed by atoms with van der Waals surface area (Å²) in [6.07, 6.45) is 0.677. The third kappa shape index (κ3) is 11.3. The van der Waals surface area contributed by atoms with Gasteiger partial charge < -0.3 is 19.3 Å². The van der Waals surface area contributed by atoms with Gasteiger partial charge in [0.2, 0.25) is 11.8 Å². The largest absolute Gasteiger partial charge is 0.416 e. The van der Waals surface area contributed by atoms with Crippen LogP contribution in [0.5, 0.6) is 0 Å². The summed E-state index contributed by atoms with van der Waals surface area (Å²) < 4.78 is 95.5. The summed E-state index contributed by atoms with van der Waals surface area (Å²) in [4.78, 5) is 32.4. The molecule has 7 rings (SSSR count). The zero-order chi connectivity index (χ0) is 42.3. The number of alkyl halides is 6. The number of carbonyl (C=O) groups is 2. The van der Waals surface area contributed by atoms with Crippen molar-refractivity contribution in [2.75, 3.05) is 26.3 Å². The van der Waals surface area contributed by atoms with Crippen molar-refractivity contribution >= 4 is 11.8 Å². The molecule has 4 aromatic rings. The molecule has 12 nitrogen and oxygen atoms in total. The van der Waals surface area contributed by atoms with Gasteiger partial charge in [-0.15, -0.1) is 10.2 Å². The van der Waals surface area contributed by atoms with Crippen LogP contribution in [0.3, 0.4) is 0 Å². The van der Waals surface area contributed by atoms with Crippen molar-refractivity contribution in [3.63, 3.8) is 0 Å². The molecule has 60 heavy (non-hydrogen) atoms.